The molecule has 0 heterocycles. The minimum Gasteiger partial charge on any atom is -0.285 e. The van der Waals surface area contributed by atoms with Crippen LogP contribution < -0.4 is 0 Å². The minimum atomic E-state index is -0.773. The van der Waals surface area contributed by atoms with Gasteiger partial charge in [0.25, 0.3) is 5.91 Å². The van der Waals surface area contributed by atoms with Crippen LogP contribution in [0, 0.1) is 0 Å². The molecule has 0 aliphatic heterocycles. The van der Waals surface area contributed by atoms with Gasteiger partial charge in [-0.1, -0.05) is 60.2 Å². The molecule has 0 aromatic heterocycles. The quantitative estimate of drug-likeness (QED) is 0.662. The fourth-order valence-electron chi connectivity index (χ4n) is 3.34. The lowest BCUT2D eigenvalue weighted by Crippen LogP contribution is -2.43. The number of allylic oxidation sites excluding steroid dienone is 1. The number of hydroxylamine groups is 2. The number of hydrogen-bond donors (Lipinski definition) is 1. The molecule has 0 unspecified atom stereocenters. The second-order valence-electron chi connectivity index (χ2n) is 6.90. The van der Waals surface area contributed by atoms with Gasteiger partial charge in [0.05, 0.1) is 12.0 Å². The monoisotopic (exact) mass is 321 g/mol. The Morgan fingerprint density at radius 3 is 2.42 bits per heavy atom. The van der Waals surface area contributed by atoms with Crippen LogP contribution in [0.15, 0.2) is 60.2 Å². The van der Waals surface area contributed by atoms with Crippen LogP contribution in [0.3, 0.4) is 0 Å². The van der Waals surface area contributed by atoms with E-state index in [1.165, 1.54) is 11.1 Å². The molecule has 0 radical (unpaired) electrons. The van der Waals surface area contributed by atoms with Gasteiger partial charge in [-0.15, -0.1) is 0 Å². The summed E-state index contributed by atoms with van der Waals surface area (Å²) in [7, 11) is 0. The van der Waals surface area contributed by atoms with Crippen LogP contribution in [-0.4, -0.2) is 16.2 Å². The number of hydrogen-bond acceptors (Lipinski definition) is 2. The van der Waals surface area contributed by atoms with E-state index in [2.05, 4.69) is 19.1 Å². The van der Waals surface area contributed by atoms with Crippen molar-refractivity contribution in [1.82, 2.24) is 5.06 Å². The van der Waals surface area contributed by atoms with Gasteiger partial charge < -0.3 is 0 Å². The fourth-order valence-corrected chi connectivity index (χ4v) is 3.34. The molecule has 3 rings (SSSR count). The van der Waals surface area contributed by atoms with E-state index in [0.29, 0.717) is 0 Å². The standard InChI is InChI=1S/C21H23NO2/c1-15-13-16-9-7-8-12-18(16)19(15)14-20(23)22(24)21(2,3)17-10-5-4-6-11-17/h4-12,24H,13-14H2,1-3H3. The third kappa shape index (κ3) is 2.87. The predicted octanol–water partition coefficient (Wildman–Crippen LogP) is 4.56. The van der Waals surface area contributed by atoms with Gasteiger partial charge in [-0.2, -0.15) is 0 Å². The lowest BCUT2D eigenvalue weighted by molar-refractivity contribution is -0.190. The molecule has 1 amide bonds. The zero-order valence-corrected chi connectivity index (χ0v) is 14.4. The minimum absolute atomic E-state index is 0.218. The molecule has 1 N–H and O–H groups in total. The summed E-state index contributed by atoms with van der Waals surface area (Å²) >= 11 is 0. The zero-order chi connectivity index (χ0) is 17.3. The Bertz CT molecular complexity index is 790. The van der Waals surface area contributed by atoms with Crippen LogP contribution in [0.5, 0.6) is 0 Å². The van der Waals surface area contributed by atoms with E-state index in [0.717, 1.165) is 28.2 Å². The molecule has 1 aliphatic rings. The Hall–Kier alpha value is -2.39. The number of carbonyl (C=O) groups is 1. The van der Waals surface area contributed by atoms with Gasteiger partial charge in [0.15, 0.2) is 0 Å². The second kappa shape index (κ2) is 6.25. The molecule has 1 aliphatic carbocycles. The molecule has 3 heteroatoms. The third-order valence-corrected chi connectivity index (χ3v) is 4.89. The van der Waals surface area contributed by atoms with E-state index in [-0.39, 0.29) is 12.3 Å². The maximum Gasteiger partial charge on any atom is 0.251 e. The highest BCUT2D eigenvalue weighted by Gasteiger charge is 2.33. The van der Waals surface area contributed by atoms with E-state index in [1.54, 1.807) is 0 Å². The van der Waals surface area contributed by atoms with Gasteiger partial charge in [-0.05, 0) is 49.5 Å². The SMILES string of the molecule is CC1=C(CC(=O)N(O)C(C)(C)c2ccccc2)c2ccccc2C1. The van der Waals surface area contributed by atoms with Gasteiger partial charge in [-0.25, -0.2) is 5.06 Å². The summed E-state index contributed by atoms with van der Waals surface area (Å²) < 4.78 is 0. The smallest absolute Gasteiger partial charge is 0.251 e. The first-order valence-electron chi connectivity index (χ1n) is 8.25. The first-order valence-corrected chi connectivity index (χ1v) is 8.25. The molecule has 24 heavy (non-hydrogen) atoms. The van der Waals surface area contributed by atoms with Crippen molar-refractivity contribution < 1.29 is 10.0 Å². The van der Waals surface area contributed by atoms with Crippen LogP contribution in [0.25, 0.3) is 5.57 Å². The lowest BCUT2D eigenvalue weighted by atomic mass is 9.93. The highest BCUT2D eigenvalue weighted by Crippen LogP contribution is 2.36. The van der Waals surface area contributed by atoms with E-state index < -0.39 is 5.54 Å². The molecule has 0 saturated heterocycles. The molecular weight excluding hydrogens is 298 g/mol. The van der Waals surface area contributed by atoms with Gasteiger partial charge >= 0.3 is 0 Å². The highest BCUT2D eigenvalue weighted by molar-refractivity contribution is 5.91. The van der Waals surface area contributed by atoms with Gasteiger partial charge in [-0.3, -0.25) is 10.0 Å². The Kier molecular flexibility index (Phi) is 4.29. The normalized spacial score (nSPS) is 13.8. The summed E-state index contributed by atoms with van der Waals surface area (Å²) in [6.45, 7) is 5.76. The topological polar surface area (TPSA) is 40.5 Å². The molecule has 0 atom stereocenters. The average molecular weight is 321 g/mol. The van der Waals surface area contributed by atoms with Gasteiger partial charge in [0.2, 0.25) is 0 Å². The van der Waals surface area contributed by atoms with Crippen molar-refractivity contribution in [3.8, 4) is 0 Å². The third-order valence-electron chi connectivity index (χ3n) is 4.89. The van der Waals surface area contributed by atoms with Crippen molar-refractivity contribution >= 4 is 11.5 Å². The summed E-state index contributed by atoms with van der Waals surface area (Å²) in [5.74, 6) is -0.282. The summed E-state index contributed by atoms with van der Waals surface area (Å²) in [4.78, 5) is 12.7. The molecule has 124 valence electrons. The largest absolute Gasteiger partial charge is 0.285 e. The molecule has 0 fully saturated rings. The first kappa shape index (κ1) is 16.5. The summed E-state index contributed by atoms with van der Waals surface area (Å²) in [5.41, 5.74) is 4.76. The first-order chi connectivity index (χ1) is 11.4. The Balaban J connectivity index is 1.82. The van der Waals surface area contributed by atoms with Crippen LogP contribution >= 0.6 is 0 Å². The Labute approximate surface area is 143 Å². The van der Waals surface area contributed by atoms with E-state index >= 15 is 0 Å². The van der Waals surface area contributed by atoms with E-state index in [4.69, 9.17) is 0 Å². The Morgan fingerprint density at radius 1 is 1.08 bits per heavy atom. The average Bonchev–Trinajstić information content (AvgIpc) is 2.90. The van der Waals surface area contributed by atoms with Crippen molar-refractivity contribution in [2.24, 2.45) is 0 Å². The molecule has 0 bridgehead atoms. The summed E-state index contributed by atoms with van der Waals surface area (Å²) in [6, 6.07) is 17.8. The number of fused-ring (bicyclic) bond motifs is 1. The maximum absolute atomic E-state index is 12.7. The van der Waals surface area contributed by atoms with Crippen LogP contribution in [-0.2, 0) is 16.8 Å². The number of benzene rings is 2. The number of nitrogens with zero attached hydrogens (tertiary/aromatic N) is 1. The van der Waals surface area contributed by atoms with Gasteiger partial charge in [0, 0.05) is 0 Å². The maximum atomic E-state index is 12.7. The lowest BCUT2D eigenvalue weighted by Gasteiger charge is -2.34. The van der Waals surface area contributed by atoms with Gasteiger partial charge in [0.1, 0.15) is 0 Å². The Morgan fingerprint density at radius 2 is 1.71 bits per heavy atom. The van der Waals surface area contributed by atoms with Crippen LogP contribution in [0.1, 0.15) is 43.9 Å². The number of rotatable bonds is 4. The second-order valence-corrected chi connectivity index (χ2v) is 6.90. The molecule has 0 saturated carbocycles. The fraction of sp³-hybridized carbons (Fsp3) is 0.286. The van der Waals surface area contributed by atoms with E-state index in [1.807, 2.05) is 56.3 Å². The molecule has 2 aromatic carbocycles. The predicted molar refractivity (Wildman–Crippen MR) is 95.5 cm³/mol. The molecular formula is C21H23NO2. The highest BCUT2D eigenvalue weighted by atomic mass is 16.5. The van der Waals surface area contributed by atoms with Crippen molar-refractivity contribution in [2.45, 2.75) is 39.2 Å². The van der Waals surface area contributed by atoms with Crippen molar-refractivity contribution in [3.63, 3.8) is 0 Å². The molecule has 3 nitrogen and oxygen atoms in total. The van der Waals surface area contributed by atoms with Crippen molar-refractivity contribution in [1.29, 1.82) is 0 Å². The number of carbonyl (C=O) groups excluding carboxylic acids is 1. The summed E-state index contributed by atoms with van der Waals surface area (Å²) in [5, 5.41) is 11.4. The van der Waals surface area contributed by atoms with E-state index in [9.17, 15) is 10.0 Å². The van der Waals surface area contributed by atoms with Crippen molar-refractivity contribution in [2.75, 3.05) is 0 Å². The van der Waals surface area contributed by atoms with Crippen molar-refractivity contribution in [3.05, 3.63) is 76.9 Å². The molecule has 2 aromatic rings. The zero-order valence-electron chi connectivity index (χ0n) is 14.4. The van der Waals surface area contributed by atoms with Crippen LogP contribution in [0.4, 0.5) is 0 Å². The van der Waals surface area contributed by atoms with Crippen LogP contribution in [0.2, 0.25) is 0 Å². The molecule has 0 spiro atoms. The summed E-state index contributed by atoms with van der Waals surface area (Å²) in [6.07, 6.45) is 1.10. The number of amides is 1.